The molecule has 1 saturated carbocycles. The molecule has 3 N–H and O–H groups in total. The maximum atomic E-state index is 5.77. The van der Waals surface area contributed by atoms with Crippen LogP contribution in [0, 0.1) is 18.8 Å². The predicted molar refractivity (Wildman–Crippen MR) is 77.6 cm³/mol. The molecule has 0 bridgehead atoms. The average Bonchev–Trinajstić information content (AvgIpc) is 2.41. The van der Waals surface area contributed by atoms with E-state index < -0.39 is 0 Å². The summed E-state index contributed by atoms with van der Waals surface area (Å²) in [5, 5.41) is 3.45. The summed E-state index contributed by atoms with van der Waals surface area (Å²) in [7, 11) is 0. The zero-order valence-corrected chi connectivity index (χ0v) is 11.6. The molecule has 1 aliphatic rings. The smallest absolute Gasteiger partial charge is 0.126 e. The Morgan fingerprint density at radius 1 is 1.28 bits per heavy atom. The second-order valence-corrected chi connectivity index (χ2v) is 5.60. The molecular weight excluding hydrogens is 222 g/mol. The van der Waals surface area contributed by atoms with E-state index in [-0.39, 0.29) is 0 Å². The van der Waals surface area contributed by atoms with Gasteiger partial charge in [-0.25, -0.2) is 4.98 Å². The fourth-order valence-electron chi connectivity index (χ4n) is 2.76. The Kier molecular flexibility index (Phi) is 4.45. The van der Waals surface area contributed by atoms with Gasteiger partial charge in [-0.2, -0.15) is 0 Å². The van der Waals surface area contributed by atoms with E-state index in [0.29, 0.717) is 0 Å². The third-order valence-electron chi connectivity index (χ3n) is 4.27. The molecule has 3 heteroatoms. The maximum absolute atomic E-state index is 5.77. The van der Waals surface area contributed by atoms with Crippen molar-refractivity contribution in [3.8, 4) is 0 Å². The van der Waals surface area contributed by atoms with Gasteiger partial charge in [0.1, 0.15) is 5.82 Å². The van der Waals surface area contributed by atoms with E-state index in [9.17, 15) is 0 Å². The van der Waals surface area contributed by atoms with Gasteiger partial charge in [-0.1, -0.05) is 26.2 Å². The Labute approximate surface area is 110 Å². The van der Waals surface area contributed by atoms with E-state index in [1.165, 1.54) is 32.1 Å². The first kappa shape index (κ1) is 13.2. The Balaban J connectivity index is 1.79. The molecule has 0 unspecified atom stereocenters. The minimum atomic E-state index is 0.768. The summed E-state index contributed by atoms with van der Waals surface area (Å²) in [4.78, 5) is 4.32. The molecule has 0 spiro atoms. The van der Waals surface area contributed by atoms with Crippen molar-refractivity contribution in [2.75, 3.05) is 17.6 Å². The van der Waals surface area contributed by atoms with Crippen LogP contribution in [-0.2, 0) is 0 Å². The van der Waals surface area contributed by atoms with Crippen molar-refractivity contribution < 1.29 is 0 Å². The van der Waals surface area contributed by atoms with Crippen LogP contribution in [0.3, 0.4) is 0 Å². The maximum Gasteiger partial charge on any atom is 0.126 e. The third kappa shape index (κ3) is 3.37. The lowest BCUT2D eigenvalue weighted by atomic mass is 9.81. The number of rotatable bonds is 4. The van der Waals surface area contributed by atoms with Gasteiger partial charge in [0.25, 0.3) is 0 Å². The summed E-state index contributed by atoms with van der Waals surface area (Å²) < 4.78 is 0. The van der Waals surface area contributed by atoms with Gasteiger partial charge in [0.05, 0.1) is 11.9 Å². The Hall–Kier alpha value is -1.25. The third-order valence-corrected chi connectivity index (χ3v) is 4.27. The van der Waals surface area contributed by atoms with Crippen molar-refractivity contribution in [3.63, 3.8) is 0 Å². The molecule has 2 rings (SSSR count). The molecule has 0 aromatic carbocycles. The first-order chi connectivity index (χ1) is 8.69. The topological polar surface area (TPSA) is 50.9 Å². The lowest BCUT2D eigenvalue weighted by Gasteiger charge is -2.28. The van der Waals surface area contributed by atoms with Crippen molar-refractivity contribution in [1.29, 1.82) is 0 Å². The fraction of sp³-hybridized carbons (Fsp3) is 0.667. The average molecular weight is 247 g/mol. The number of hydrogen-bond donors (Lipinski definition) is 2. The number of aromatic nitrogens is 1. The number of nitrogens with zero attached hydrogens (tertiary/aromatic N) is 1. The number of nitrogens with two attached hydrogens (primary N) is 1. The predicted octanol–water partition coefficient (Wildman–Crippen LogP) is 3.60. The van der Waals surface area contributed by atoms with Crippen LogP contribution in [0.4, 0.5) is 11.5 Å². The van der Waals surface area contributed by atoms with Gasteiger partial charge in [0, 0.05) is 6.54 Å². The normalized spacial score (nSPS) is 23.9. The minimum Gasteiger partial charge on any atom is -0.397 e. The van der Waals surface area contributed by atoms with Gasteiger partial charge in [-0.15, -0.1) is 0 Å². The van der Waals surface area contributed by atoms with Crippen LogP contribution in [0.15, 0.2) is 12.3 Å². The highest BCUT2D eigenvalue weighted by Gasteiger charge is 2.19. The van der Waals surface area contributed by atoms with E-state index >= 15 is 0 Å². The number of nitrogens with one attached hydrogen (secondary N) is 1. The van der Waals surface area contributed by atoms with Gasteiger partial charge in [0.15, 0.2) is 0 Å². The zero-order chi connectivity index (χ0) is 13.0. The van der Waals surface area contributed by atoms with E-state index in [2.05, 4.69) is 17.2 Å². The molecule has 1 aromatic heterocycles. The molecule has 0 aliphatic heterocycles. The summed E-state index contributed by atoms with van der Waals surface area (Å²) in [6.45, 7) is 5.38. The highest BCUT2D eigenvalue weighted by molar-refractivity contribution is 5.50. The Morgan fingerprint density at radius 3 is 2.56 bits per heavy atom. The second kappa shape index (κ2) is 6.07. The van der Waals surface area contributed by atoms with E-state index in [4.69, 9.17) is 5.73 Å². The van der Waals surface area contributed by atoms with Crippen molar-refractivity contribution in [3.05, 3.63) is 17.8 Å². The molecule has 0 atom stereocenters. The zero-order valence-electron chi connectivity index (χ0n) is 11.6. The number of pyridine rings is 1. The van der Waals surface area contributed by atoms with Crippen LogP contribution >= 0.6 is 0 Å². The largest absolute Gasteiger partial charge is 0.397 e. The summed E-state index contributed by atoms with van der Waals surface area (Å²) in [5.41, 5.74) is 7.63. The monoisotopic (exact) mass is 247 g/mol. The first-order valence-electron chi connectivity index (χ1n) is 7.15. The van der Waals surface area contributed by atoms with Gasteiger partial charge >= 0.3 is 0 Å². The summed E-state index contributed by atoms with van der Waals surface area (Å²) in [5.74, 6) is 2.74. The Morgan fingerprint density at radius 2 is 1.94 bits per heavy atom. The second-order valence-electron chi connectivity index (χ2n) is 5.60. The minimum absolute atomic E-state index is 0.768. The molecule has 1 aliphatic carbocycles. The first-order valence-corrected chi connectivity index (χ1v) is 7.15. The van der Waals surface area contributed by atoms with Gasteiger partial charge < -0.3 is 11.1 Å². The van der Waals surface area contributed by atoms with Crippen molar-refractivity contribution in [2.24, 2.45) is 11.8 Å². The molecule has 0 amide bonds. The summed E-state index contributed by atoms with van der Waals surface area (Å²) in [6, 6.07) is 2.03. The standard InChI is InChI=1S/C15H25N3/c1-3-12-4-6-13(7-5-12)9-17-15-8-11(2)14(16)10-18-15/h8,10,12-13H,3-7,9,16H2,1-2H3,(H,17,18). The van der Waals surface area contributed by atoms with Crippen molar-refractivity contribution in [2.45, 2.75) is 46.0 Å². The lowest BCUT2D eigenvalue weighted by Crippen LogP contribution is -2.21. The van der Waals surface area contributed by atoms with Gasteiger partial charge in [-0.05, 0) is 43.2 Å². The molecule has 3 nitrogen and oxygen atoms in total. The Bertz CT molecular complexity index is 381. The van der Waals surface area contributed by atoms with Crippen molar-refractivity contribution in [1.82, 2.24) is 4.98 Å². The molecule has 1 aromatic rings. The van der Waals surface area contributed by atoms with Crippen molar-refractivity contribution >= 4 is 11.5 Å². The highest BCUT2D eigenvalue weighted by Crippen LogP contribution is 2.30. The van der Waals surface area contributed by atoms with E-state index in [1.807, 2.05) is 13.0 Å². The number of hydrogen-bond acceptors (Lipinski definition) is 3. The molecule has 1 fully saturated rings. The summed E-state index contributed by atoms with van der Waals surface area (Å²) in [6.07, 6.45) is 8.61. The van der Waals surface area contributed by atoms with E-state index in [1.54, 1.807) is 6.20 Å². The SMILES string of the molecule is CCC1CCC(CNc2cc(C)c(N)cn2)CC1. The van der Waals surface area contributed by atoms with Crippen LogP contribution in [-0.4, -0.2) is 11.5 Å². The highest BCUT2D eigenvalue weighted by atomic mass is 15.0. The van der Waals surface area contributed by atoms with Crippen LogP contribution in [0.2, 0.25) is 0 Å². The van der Waals surface area contributed by atoms with Gasteiger partial charge in [-0.3, -0.25) is 0 Å². The molecular formula is C15H25N3. The number of anilines is 2. The van der Waals surface area contributed by atoms with Crippen LogP contribution < -0.4 is 11.1 Å². The quantitative estimate of drug-likeness (QED) is 0.854. The lowest BCUT2D eigenvalue weighted by molar-refractivity contribution is 0.278. The number of aryl methyl sites for hydroxylation is 1. The van der Waals surface area contributed by atoms with Gasteiger partial charge in [0.2, 0.25) is 0 Å². The molecule has 0 radical (unpaired) electrons. The molecule has 18 heavy (non-hydrogen) atoms. The molecule has 0 saturated heterocycles. The van der Waals surface area contributed by atoms with E-state index in [0.717, 1.165) is 35.4 Å². The van der Waals surface area contributed by atoms with Crippen LogP contribution in [0.1, 0.15) is 44.6 Å². The summed E-state index contributed by atoms with van der Waals surface area (Å²) >= 11 is 0. The van der Waals surface area contributed by atoms with Crippen LogP contribution in [0.5, 0.6) is 0 Å². The number of nitrogen functional groups attached to an aromatic ring is 1. The molecule has 1 heterocycles. The molecule has 100 valence electrons. The fourth-order valence-corrected chi connectivity index (χ4v) is 2.76. The van der Waals surface area contributed by atoms with Crippen LogP contribution in [0.25, 0.3) is 0 Å².